The van der Waals surface area contributed by atoms with Crippen LogP contribution in [0, 0.1) is 5.92 Å². The van der Waals surface area contributed by atoms with Crippen LogP contribution in [0.4, 0.5) is 0 Å². The Bertz CT molecular complexity index is 561. The number of benzene rings is 1. The minimum atomic E-state index is -0.979. The highest BCUT2D eigenvalue weighted by atomic mass is 35.5. The normalized spacial score (nSPS) is 12.9. The zero-order valence-electron chi connectivity index (χ0n) is 12.6. The number of halogens is 1. The van der Waals surface area contributed by atoms with Crippen molar-refractivity contribution in [1.29, 1.82) is 0 Å². The lowest BCUT2D eigenvalue weighted by Crippen LogP contribution is -2.46. The molecule has 0 fully saturated rings. The van der Waals surface area contributed by atoms with Crippen molar-refractivity contribution >= 4 is 29.4 Å². The third kappa shape index (κ3) is 4.73. The predicted molar refractivity (Wildman–Crippen MR) is 80.5 cm³/mol. The molecule has 0 aliphatic rings. The topological polar surface area (TPSA) is 81.7 Å². The lowest BCUT2D eigenvalue weighted by Gasteiger charge is -2.22. The number of carbonyl (C=O) groups excluding carboxylic acids is 3. The summed E-state index contributed by atoms with van der Waals surface area (Å²) in [6, 6.07) is 5.48. The van der Waals surface area contributed by atoms with E-state index in [0.717, 1.165) is 0 Å². The Labute approximate surface area is 133 Å². The summed E-state index contributed by atoms with van der Waals surface area (Å²) in [6.45, 7) is 1.64. The van der Waals surface area contributed by atoms with E-state index in [-0.39, 0.29) is 17.0 Å². The summed E-state index contributed by atoms with van der Waals surface area (Å²) in [5.41, 5.74) is 0.239. The van der Waals surface area contributed by atoms with Crippen molar-refractivity contribution in [2.45, 2.75) is 19.4 Å². The molecule has 2 atom stereocenters. The van der Waals surface area contributed by atoms with Crippen LogP contribution in [0.1, 0.15) is 23.7 Å². The summed E-state index contributed by atoms with van der Waals surface area (Å²) in [4.78, 5) is 35.4. The Morgan fingerprint density at radius 1 is 1.18 bits per heavy atom. The van der Waals surface area contributed by atoms with Gasteiger partial charge < -0.3 is 14.8 Å². The standard InChI is InChI=1S/C15H18ClNO5/c1-9(8-12(18)21-2)13(15(20)22-3)17-14(19)10-6-4-5-7-11(10)16/h4-7,9,13H,8H2,1-3H3,(H,17,19)/t9-,13-/m0/s1. The predicted octanol–water partition coefficient (Wildman–Crippen LogP) is 1.81. The molecule has 0 aliphatic heterocycles. The average molecular weight is 328 g/mol. The largest absolute Gasteiger partial charge is 0.469 e. The zero-order chi connectivity index (χ0) is 16.7. The third-order valence-corrected chi connectivity index (χ3v) is 3.48. The third-order valence-electron chi connectivity index (χ3n) is 3.15. The highest BCUT2D eigenvalue weighted by Crippen LogP contribution is 2.17. The summed E-state index contributed by atoms with van der Waals surface area (Å²) in [5, 5.41) is 2.82. The average Bonchev–Trinajstić information content (AvgIpc) is 2.51. The summed E-state index contributed by atoms with van der Waals surface area (Å²) in [5.74, 6) is -2.13. The van der Waals surface area contributed by atoms with Gasteiger partial charge in [0.1, 0.15) is 6.04 Å². The molecular formula is C15H18ClNO5. The second kappa shape index (κ2) is 8.38. The van der Waals surface area contributed by atoms with Crippen molar-refractivity contribution in [3.63, 3.8) is 0 Å². The molecule has 0 saturated heterocycles. The van der Waals surface area contributed by atoms with Gasteiger partial charge in [-0.2, -0.15) is 0 Å². The van der Waals surface area contributed by atoms with E-state index in [4.69, 9.17) is 11.6 Å². The van der Waals surface area contributed by atoms with Gasteiger partial charge in [-0.1, -0.05) is 30.7 Å². The Hall–Kier alpha value is -2.08. The van der Waals surface area contributed by atoms with Crippen molar-refractivity contribution in [3.8, 4) is 0 Å². The monoisotopic (exact) mass is 327 g/mol. The molecular weight excluding hydrogens is 310 g/mol. The number of hydrogen-bond acceptors (Lipinski definition) is 5. The maximum Gasteiger partial charge on any atom is 0.328 e. The van der Waals surface area contributed by atoms with Gasteiger partial charge in [-0.3, -0.25) is 9.59 Å². The van der Waals surface area contributed by atoms with Crippen LogP contribution in [0.5, 0.6) is 0 Å². The van der Waals surface area contributed by atoms with E-state index in [1.807, 2.05) is 0 Å². The number of ether oxygens (including phenoxy) is 2. The molecule has 1 rings (SSSR count). The molecule has 22 heavy (non-hydrogen) atoms. The quantitative estimate of drug-likeness (QED) is 0.806. The fourth-order valence-electron chi connectivity index (χ4n) is 1.89. The van der Waals surface area contributed by atoms with Crippen LogP contribution in [-0.2, 0) is 19.1 Å². The Morgan fingerprint density at radius 3 is 2.36 bits per heavy atom. The Kier molecular flexibility index (Phi) is 6.85. The number of esters is 2. The first-order valence-corrected chi connectivity index (χ1v) is 6.98. The maximum atomic E-state index is 12.2. The van der Waals surface area contributed by atoms with E-state index < -0.39 is 29.8 Å². The van der Waals surface area contributed by atoms with E-state index in [2.05, 4.69) is 14.8 Å². The lowest BCUT2D eigenvalue weighted by molar-refractivity contribution is -0.146. The second-order valence-corrected chi connectivity index (χ2v) is 5.12. The molecule has 6 nitrogen and oxygen atoms in total. The molecule has 120 valence electrons. The zero-order valence-corrected chi connectivity index (χ0v) is 13.3. The van der Waals surface area contributed by atoms with Gasteiger partial charge >= 0.3 is 11.9 Å². The highest BCUT2D eigenvalue weighted by Gasteiger charge is 2.30. The van der Waals surface area contributed by atoms with Crippen LogP contribution >= 0.6 is 11.6 Å². The summed E-state index contributed by atoms with van der Waals surface area (Å²) in [7, 11) is 2.46. The van der Waals surface area contributed by atoms with Crippen LogP contribution in [0.25, 0.3) is 0 Å². The van der Waals surface area contributed by atoms with E-state index >= 15 is 0 Å². The van der Waals surface area contributed by atoms with Gasteiger partial charge in [-0.25, -0.2) is 4.79 Å². The van der Waals surface area contributed by atoms with E-state index in [0.29, 0.717) is 0 Å². The molecule has 0 radical (unpaired) electrons. The number of hydrogen-bond donors (Lipinski definition) is 1. The van der Waals surface area contributed by atoms with Crippen LogP contribution in [-0.4, -0.2) is 38.1 Å². The van der Waals surface area contributed by atoms with Crippen LogP contribution in [0.2, 0.25) is 5.02 Å². The van der Waals surface area contributed by atoms with Gasteiger partial charge in [-0.15, -0.1) is 0 Å². The van der Waals surface area contributed by atoms with Gasteiger partial charge in [0.2, 0.25) is 0 Å². The van der Waals surface area contributed by atoms with Gasteiger partial charge in [0, 0.05) is 0 Å². The maximum absolute atomic E-state index is 12.2. The number of amides is 1. The van der Waals surface area contributed by atoms with Gasteiger partial charge in [0.25, 0.3) is 5.91 Å². The SMILES string of the molecule is COC(=O)C[C@H](C)[C@H](NC(=O)c1ccccc1Cl)C(=O)OC. The second-order valence-electron chi connectivity index (χ2n) is 4.71. The molecule has 0 saturated carbocycles. The molecule has 1 aromatic carbocycles. The van der Waals surface area contributed by atoms with E-state index in [1.165, 1.54) is 20.3 Å². The smallest absolute Gasteiger partial charge is 0.328 e. The van der Waals surface area contributed by atoms with Crippen molar-refractivity contribution in [1.82, 2.24) is 5.32 Å². The van der Waals surface area contributed by atoms with Gasteiger partial charge in [0.15, 0.2) is 0 Å². The lowest BCUT2D eigenvalue weighted by atomic mass is 9.98. The summed E-state index contributed by atoms with van der Waals surface area (Å²) in [6.07, 6.45) is -0.0287. The molecule has 1 amide bonds. The first-order chi connectivity index (χ1) is 10.4. The first kappa shape index (κ1) is 18.0. The van der Waals surface area contributed by atoms with Crippen LogP contribution < -0.4 is 5.32 Å². The fraction of sp³-hybridized carbons (Fsp3) is 0.400. The summed E-state index contributed by atoms with van der Waals surface area (Å²) >= 11 is 5.95. The molecule has 0 aliphatic carbocycles. The van der Waals surface area contributed by atoms with Crippen LogP contribution in [0.3, 0.4) is 0 Å². The van der Waals surface area contributed by atoms with Crippen molar-refractivity contribution in [2.75, 3.05) is 14.2 Å². The molecule has 0 bridgehead atoms. The van der Waals surface area contributed by atoms with Crippen molar-refractivity contribution in [3.05, 3.63) is 34.9 Å². The Morgan fingerprint density at radius 2 is 1.82 bits per heavy atom. The molecule has 0 aromatic heterocycles. The molecule has 0 heterocycles. The van der Waals surface area contributed by atoms with Crippen molar-refractivity contribution in [2.24, 2.45) is 5.92 Å². The number of methoxy groups -OCH3 is 2. The number of nitrogens with one attached hydrogen (secondary N) is 1. The molecule has 0 unspecified atom stereocenters. The van der Waals surface area contributed by atoms with Crippen LogP contribution in [0.15, 0.2) is 24.3 Å². The fourth-order valence-corrected chi connectivity index (χ4v) is 2.11. The minimum Gasteiger partial charge on any atom is -0.469 e. The molecule has 1 aromatic rings. The Balaban J connectivity index is 2.90. The number of rotatable bonds is 6. The highest BCUT2D eigenvalue weighted by molar-refractivity contribution is 6.33. The van der Waals surface area contributed by atoms with E-state index in [1.54, 1.807) is 25.1 Å². The number of carbonyl (C=O) groups is 3. The molecule has 0 spiro atoms. The first-order valence-electron chi connectivity index (χ1n) is 6.60. The van der Waals surface area contributed by atoms with E-state index in [9.17, 15) is 14.4 Å². The molecule has 7 heteroatoms. The minimum absolute atomic E-state index is 0.0287. The van der Waals surface area contributed by atoms with Crippen molar-refractivity contribution < 1.29 is 23.9 Å². The summed E-state index contributed by atoms with van der Waals surface area (Å²) < 4.78 is 9.25. The molecule has 1 N–H and O–H groups in total. The van der Waals surface area contributed by atoms with Gasteiger partial charge in [0.05, 0.1) is 31.2 Å². The van der Waals surface area contributed by atoms with Gasteiger partial charge in [-0.05, 0) is 18.1 Å².